The molecular formula is C11H13ClFN. The van der Waals surface area contributed by atoms with Gasteiger partial charge in [0.05, 0.1) is 0 Å². The Kier molecular flexibility index (Phi) is 4.47. The number of halogens is 2. The van der Waals surface area contributed by atoms with E-state index in [4.69, 9.17) is 11.6 Å². The number of likely N-dealkylation sites (N-methyl/N-ethyl adjacent to an activating group) is 1. The summed E-state index contributed by atoms with van der Waals surface area (Å²) < 4.78 is 12.9. The standard InChI is InChI=1S/C11H13ClFN/c1-14(8-3-2-7-12)11-6-4-5-10(13)9-11/h2-6,9H,7-8H2,1H3. The first-order valence-corrected chi connectivity index (χ1v) is 4.95. The molecule has 76 valence electrons. The molecule has 0 unspecified atom stereocenters. The zero-order valence-corrected chi connectivity index (χ0v) is 8.84. The molecule has 0 amide bonds. The molecule has 0 heterocycles. The third kappa shape index (κ3) is 3.38. The van der Waals surface area contributed by atoms with E-state index in [1.54, 1.807) is 6.07 Å². The summed E-state index contributed by atoms with van der Waals surface area (Å²) in [5.41, 5.74) is 0.865. The summed E-state index contributed by atoms with van der Waals surface area (Å²) in [6.45, 7) is 0.732. The van der Waals surface area contributed by atoms with Crippen molar-refractivity contribution in [3.63, 3.8) is 0 Å². The molecule has 1 rings (SSSR count). The van der Waals surface area contributed by atoms with Crippen LogP contribution in [0.1, 0.15) is 0 Å². The predicted molar refractivity (Wildman–Crippen MR) is 59.5 cm³/mol. The van der Waals surface area contributed by atoms with Crippen LogP contribution in [0.4, 0.5) is 10.1 Å². The van der Waals surface area contributed by atoms with Gasteiger partial charge in [0.2, 0.25) is 0 Å². The van der Waals surface area contributed by atoms with Crippen LogP contribution >= 0.6 is 11.6 Å². The number of nitrogens with zero attached hydrogens (tertiary/aromatic N) is 1. The van der Waals surface area contributed by atoms with Gasteiger partial charge in [-0.3, -0.25) is 0 Å². The van der Waals surface area contributed by atoms with Crippen molar-refractivity contribution in [2.75, 3.05) is 24.4 Å². The molecule has 0 radical (unpaired) electrons. The normalized spacial score (nSPS) is 10.8. The van der Waals surface area contributed by atoms with Crippen molar-refractivity contribution >= 4 is 17.3 Å². The van der Waals surface area contributed by atoms with Gasteiger partial charge in [0.1, 0.15) is 5.82 Å². The highest BCUT2D eigenvalue weighted by atomic mass is 35.5. The minimum atomic E-state index is -0.212. The van der Waals surface area contributed by atoms with Gasteiger partial charge < -0.3 is 4.90 Å². The monoisotopic (exact) mass is 213 g/mol. The topological polar surface area (TPSA) is 3.24 Å². The molecule has 0 saturated heterocycles. The minimum Gasteiger partial charge on any atom is -0.371 e. The van der Waals surface area contributed by atoms with Gasteiger partial charge in [-0.25, -0.2) is 4.39 Å². The molecule has 0 fully saturated rings. The number of anilines is 1. The maximum Gasteiger partial charge on any atom is 0.125 e. The summed E-state index contributed by atoms with van der Waals surface area (Å²) in [5.74, 6) is 0.299. The summed E-state index contributed by atoms with van der Waals surface area (Å²) >= 11 is 5.49. The Labute approximate surface area is 88.8 Å². The van der Waals surface area contributed by atoms with Gasteiger partial charge in [-0.1, -0.05) is 18.2 Å². The van der Waals surface area contributed by atoms with E-state index in [1.807, 2.05) is 30.2 Å². The quantitative estimate of drug-likeness (QED) is 0.549. The lowest BCUT2D eigenvalue weighted by Crippen LogP contribution is -2.16. The third-order valence-electron chi connectivity index (χ3n) is 1.88. The lowest BCUT2D eigenvalue weighted by Gasteiger charge is -2.16. The van der Waals surface area contributed by atoms with Crippen LogP contribution in [0.3, 0.4) is 0 Å². The van der Waals surface area contributed by atoms with Crippen molar-refractivity contribution in [2.45, 2.75) is 0 Å². The van der Waals surface area contributed by atoms with E-state index in [9.17, 15) is 4.39 Å². The van der Waals surface area contributed by atoms with Crippen molar-refractivity contribution in [1.82, 2.24) is 0 Å². The van der Waals surface area contributed by atoms with Gasteiger partial charge >= 0.3 is 0 Å². The second-order valence-corrected chi connectivity index (χ2v) is 3.29. The Hall–Kier alpha value is -1.02. The van der Waals surface area contributed by atoms with E-state index >= 15 is 0 Å². The SMILES string of the molecule is CN(CC=CCCl)c1cccc(F)c1. The average molecular weight is 214 g/mol. The molecule has 0 aliphatic rings. The lowest BCUT2D eigenvalue weighted by molar-refractivity contribution is 0.627. The number of hydrogen-bond acceptors (Lipinski definition) is 1. The molecule has 1 aromatic rings. The van der Waals surface area contributed by atoms with Crippen molar-refractivity contribution in [3.8, 4) is 0 Å². The van der Waals surface area contributed by atoms with Crippen LogP contribution < -0.4 is 4.90 Å². The first-order chi connectivity index (χ1) is 6.74. The number of benzene rings is 1. The molecule has 0 bridgehead atoms. The van der Waals surface area contributed by atoms with Crippen LogP contribution in [-0.4, -0.2) is 19.5 Å². The molecule has 0 atom stereocenters. The molecule has 0 aromatic heterocycles. The van der Waals surface area contributed by atoms with Gasteiger partial charge in [-0.15, -0.1) is 11.6 Å². The lowest BCUT2D eigenvalue weighted by atomic mass is 10.3. The summed E-state index contributed by atoms with van der Waals surface area (Å²) in [6.07, 6.45) is 3.83. The van der Waals surface area contributed by atoms with Gasteiger partial charge in [-0.05, 0) is 18.2 Å². The molecule has 0 N–H and O–H groups in total. The van der Waals surface area contributed by atoms with Crippen LogP contribution in [0.15, 0.2) is 36.4 Å². The van der Waals surface area contributed by atoms with Crippen LogP contribution in [0.25, 0.3) is 0 Å². The fourth-order valence-electron chi connectivity index (χ4n) is 1.11. The average Bonchev–Trinajstić information content (AvgIpc) is 2.18. The van der Waals surface area contributed by atoms with E-state index in [1.165, 1.54) is 12.1 Å². The second-order valence-electron chi connectivity index (χ2n) is 2.99. The first kappa shape index (κ1) is 11.1. The Balaban J connectivity index is 2.60. The fourth-order valence-corrected chi connectivity index (χ4v) is 1.24. The Bertz CT molecular complexity index is 312. The van der Waals surface area contributed by atoms with Crippen molar-refractivity contribution in [3.05, 3.63) is 42.2 Å². The largest absolute Gasteiger partial charge is 0.371 e. The highest BCUT2D eigenvalue weighted by Crippen LogP contribution is 2.13. The van der Waals surface area contributed by atoms with E-state index in [0.717, 1.165) is 12.2 Å². The second kappa shape index (κ2) is 5.66. The molecule has 1 aromatic carbocycles. The summed E-state index contributed by atoms with van der Waals surface area (Å²) in [6, 6.07) is 6.52. The molecule has 0 aliphatic carbocycles. The van der Waals surface area contributed by atoms with E-state index in [-0.39, 0.29) is 5.82 Å². The highest BCUT2D eigenvalue weighted by Gasteiger charge is 1.98. The molecule has 14 heavy (non-hydrogen) atoms. The zero-order chi connectivity index (χ0) is 10.4. The molecule has 0 saturated carbocycles. The van der Waals surface area contributed by atoms with Crippen molar-refractivity contribution < 1.29 is 4.39 Å². The zero-order valence-electron chi connectivity index (χ0n) is 8.08. The Morgan fingerprint density at radius 2 is 2.21 bits per heavy atom. The van der Waals surface area contributed by atoms with E-state index in [2.05, 4.69) is 0 Å². The Morgan fingerprint density at radius 3 is 2.86 bits per heavy atom. The highest BCUT2D eigenvalue weighted by molar-refractivity contribution is 6.18. The van der Waals surface area contributed by atoms with Crippen LogP contribution in [0.2, 0.25) is 0 Å². The van der Waals surface area contributed by atoms with Gasteiger partial charge in [0, 0.05) is 25.2 Å². The molecule has 3 heteroatoms. The number of allylic oxidation sites excluding steroid dienone is 1. The molecular weight excluding hydrogens is 201 g/mol. The summed E-state index contributed by atoms with van der Waals surface area (Å²) in [4.78, 5) is 1.95. The maximum absolute atomic E-state index is 12.9. The predicted octanol–water partition coefficient (Wildman–Crippen LogP) is 3.06. The minimum absolute atomic E-state index is 0.212. The Morgan fingerprint density at radius 1 is 1.43 bits per heavy atom. The molecule has 0 aliphatic heterocycles. The van der Waals surface area contributed by atoms with Crippen LogP contribution in [0, 0.1) is 5.82 Å². The van der Waals surface area contributed by atoms with Crippen molar-refractivity contribution in [2.24, 2.45) is 0 Å². The number of rotatable bonds is 4. The van der Waals surface area contributed by atoms with Crippen LogP contribution in [-0.2, 0) is 0 Å². The fraction of sp³-hybridized carbons (Fsp3) is 0.273. The van der Waals surface area contributed by atoms with Crippen molar-refractivity contribution in [1.29, 1.82) is 0 Å². The number of hydrogen-bond donors (Lipinski definition) is 0. The summed E-state index contributed by atoms with van der Waals surface area (Å²) in [7, 11) is 1.91. The number of alkyl halides is 1. The smallest absolute Gasteiger partial charge is 0.125 e. The van der Waals surface area contributed by atoms with Gasteiger partial charge in [-0.2, -0.15) is 0 Å². The third-order valence-corrected chi connectivity index (χ3v) is 2.06. The van der Waals surface area contributed by atoms with Gasteiger partial charge in [0.15, 0.2) is 0 Å². The summed E-state index contributed by atoms with van der Waals surface area (Å²) in [5, 5.41) is 0. The van der Waals surface area contributed by atoms with E-state index in [0.29, 0.717) is 5.88 Å². The van der Waals surface area contributed by atoms with Crippen LogP contribution in [0.5, 0.6) is 0 Å². The van der Waals surface area contributed by atoms with Gasteiger partial charge in [0.25, 0.3) is 0 Å². The maximum atomic E-state index is 12.9. The molecule has 1 nitrogen and oxygen atoms in total. The van der Waals surface area contributed by atoms with E-state index < -0.39 is 0 Å². The first-order valence-electron chi connectivity index (χ1n) is 4.41. The molecule has 0 spiro atoms.